The van der Waals surface area contributed by atoms with E-state index in [9.17, 15) is 13.6 Å². The molecule has 4 rings (SSSR count). The molecule has 0 spiro atoms. The summed E-state index contributed by atoms with van der Waals surface area (Å²) in [6.45, 7) is 4.82. The molecule has 7 nitrogen and oxygen atoms in total. The molecule has 46 heavy (non-hydrogen) atoms. The molecule has 0 bridgehead atoms. The molecule has 0 unspecified atom stereocenters. The average molecular weight is 625 g/mol. The Balaban J connectivity index is 1.34. The van der Waals surface area contributed by atoms with E-state index in [4.69, 9.17) is 30.9 Å². The Morgan fingerprint density at radius 1 is 0.826 bits per heavy atom. The molecule has 4 aromatic carbocycles. The summed E-state index contributed by atoms with van der Waals surface area (Å²) in [5, 5.41) is 8.58. The number of nitrogen functional groups attached to an aromatic ring is 2. The van der Waals surface area contributed by atoms with Gasteiger partial charge in [0.05, 0.1) is 24.8 Å². The summed E-state index contributed by atoms with van der Waals surface area (Å²) >= 11 is 0. The van der Waals surface area contributed by atoms with Crippen LogP contribution in [0.3, 0.4) is 0 Å². The number of halogens is 2. The van der Waals surface area contributed by atoms with Crippen molar-refractivity contribution in [1.82, 2.24) is 0 Å². The van der Waals surface area contributed by atoms with E-state index in [-0.39, 0.29) is 17.9 Å². The third-order valence-corrected chi connectivity index (χ3v) is 7.07. The van der Waals surface area contributed by atoms with Crippen LogP contribution in [0.15, 0.2) is 103 Å². The predicted molar refractivity (Wildman–Crippen MR) is 175 cm³/mol. The normalized spacial score (nSPS) is 11.6. The summed E-state index contributed by atoms with van der Waals surface area (Å²) in [5.41, 5.74) is 14.5. The Bertz CT molecular complexity index is 1580. The number of benzene rings is 4. The number of unbranched alkanes of at least 4 members (excludes halogenated alkanes) is 1. The predicted octanol–water partition coefficient (Wildman–Crippen LogP) is 7.52. The number of rotatable bonds is 15. The standard InChI is InChI=1S/C37H36F2N3O4/c1-36(24-28-6-13-31(41)14-7-28,25-29-8-15-32(42)16-9-29)26-45-35(43)21-10-27-4-11-30(12-5-27)37(38,39)46-34-19-17-33(18-20-34)44-23-3-2-22-40/h4-21H,1-3,23-26,41-42H2/b21-10+. The lowest BCUT2D eigenvalue weighted by atomic mass is 9.79. The van der Waals surface area contributed by atoms with Crippen LogP contribution in [0.25, 0.3) is 6.08 Å². The SMILES string of the molecule is [CH2]C(COC(=O)/C=C/c1ccc(C(F)(F)Oc2ccc(OCCCC#N)cc2)cc1)(Cc1ccc(N)cc1)Cc1ccc(N)cc1. The number of carbonyl (C=O) groups is 1. The lowest BCUT2D eigenvalue weighted by Gasteiger charge is -2.29. The van der Waals surface area contributed by atoms with Crippen LogP contribution in [0.5, 0.6) is 11.5 Å². The van der Waals surface area contributed by atoms with Gasteiger partial charge < -0.3 is 25.7 Å². The van der Waals surface area contributed by atoms with Crippen LogP contribution < -0.4 is 20.9 Å². The van der Waals surface area contributed by atoms with Gasteiger partial charge in [0.15, 0.2) is 0 Å². The number of anilines is 2. The highest BCUT2D eigenvalue weighted by Crippen LogP contribution is 2.33. The summed E-state index contributed by atoms with van der Waals surface area (Å²) in [5.74, 6) is -0.124. The van der Waals surface area contributed by atoms with E-state index in [1.54, 1.807) is 0 Å². The van der Waals surface area contributed by atoms with Crippen molar-refractivity contribution in [3.63, 3.8) is 0 Å². The van der Waals surface area contributed by atoms with E-state index in [1.165, 1.54) is 60.7 Å². The first kappa shape index (κ1) is 33.5. The Morgan fingerprint density at radius 3 is 1.91 bits per heavy atom. The van der Waals surface area contributed by atoms with Gasteiger partial charge >= 0.3 is 12.1 Å². The molecule has 0 atom stereocenters. The van der Waals surface area contributed by atoms with Crippen LogP contribution in [0, 0.1) is 23.7 Å². The molecule has 1 radical (unpaired) electrons. The Labute approximate surface area is 268 Å². The second-order valence-corrected chi connectivity index (χ2v) is 11.1. The summed E-state index contributed by atoms with van der Waals surface area (Å²) in [7, 11) is 0. The van der Waals surface area contributed by atoms with Gasteiger partial charge in [-0.1, -0.05) is 36.4 Å². The molecule has 4 N–H and O–H groups in total. The van der Waals surface area contributed by atoms with Gasteiger partial charge in [0.1, 0.15) is 11.5 Å². The zero-order chi connectivity index (χ0) is 33.0. The van der Waals surface area contributed by atoms with Crippen molar-refractivity contribution in [3.8, 4) is 17.6 Å². The minimum Gasteiger partial charge on any atom is -0.494 e. The van der Waals surface area contributed by atoms with Crippen molar-refractivity contribution in [1.29, 1.82) is 5.26 Å². The number of ether oxygens (including phenoxy) is 3. The van der Waals surface area contributed by atoms with Gasteiger partial charge in [-0.3, -0.25) is 0 Å². The van der Waals surface area contributed by atoms with E-state index in [1.807, 2.05) is 54.6 Å². The van der Waals surface area contributed by atoms with Crippen molar-refractivity contribution in [3.05, 3.63) is 132 Å². The number of hydrogen-bond donors (Lipinski definition) is 2. The third-order valence-electron chi connectivity index (χ3n) is 7.07. The van der Waals surface area contributed by atoms with Crippen LogP contribution in [0.2, 0.25) is 0 Å². The molecular weight excluding hydrogens is 588 g/mol. The van der Waals surface area contributed by atoms with E-state index in [0.29, 0.717) is 55.0 Å². The summed E-state index contributed by atoms with van der Waals surface area (Å²) < 4.78 is 45.7. The zero-order valence-electron chi connectivity index (χ0n) is 25.3. The van der Waals surface area contributed by atoms with Crippen LogP contribution in [-0.4, -0.2) is 19.2 Å². The fourth-order valence-corrected chi connectivity index (χ4v) is 4.68. The molecule has 0 aliphatic heterocycles. The van der Waals surface area contributed by atoms with Gasteiger partial charge in [-0.25, -0.2) is 4.79 Å². The maximum Gasteiger partial charge on any atom is 0.426 e. The molecule has 0 amide bonds. The van der Waals surface area contributed by atoms with Gasteiger partial charge in [0.2, 0.25) is 0 Å². The van der Waals surface area contributed by atoms with Crippen molar-refractivity contribution in [2.75, 3.05) is 24.7 Å². The highest BCUT2D eigenvalue weighted by molar-refractivity contribution is 5.87. The Kier molecular flexibility index (Phi) is 11.4. The monoisotopic (exact) mass is 624 g/mol. The fourth-order valence-electron chi connectivity index (χ4n) is 4.68. The number of nitrogens with zero attached hydrogens (tertiary/aromatic N) is 1. The number of alkyl halides is 2. The first-order chi connectivity index (χ1) is 22.0. The first-order valence-electron chi connectivity index (χ1n) is 14.7. The van der Waals surface area contributed by atoms with Crippen molar-refractivity contribution in [2.45, 2.75) is 31.8 Å². The van der Waals surface area contributed by atoms with Crippen LogP contribution >= 0.6 is 0 Å². The molecule has 9 heteroatoms. The molecule has 0 aromatic heterocycles. The van der Waals surface area contributed by atoms with Gasteiger partial charge in [-0.05, 0) is 110 Å². The average Bonchev–Trinajstić information content (AvgIpc) is 3.04. The third kappa shape index (κ3) is 10.4. The van der Waals surface area contributed by atoms with Gasteiger partial charge in [-0.15, -0.1) is 0 Å². The van der Waals surface area contributed by atoms with Crippen LogP contribution in [0.1, 0.15) is 35.1 Å². The molecule has 0 aliphatic carbocycles. The maximum absolute atomic E-state index is 14.8. The van der Waals surface area contributed by atoms with Crippen LogP contribution in [-0.2, 0) is 28.5 Å². The molecule has 0 saturated carbocycles. The number of esters is 1. The minimum atomic E-state index is -3.59. The number of hydrogen-bond acceptors (Lipinski definition) is 7. The fraction of sp³-hybridized carbons (Fsp3) is 0.216. The lowest BCUT2D eigenvalue weighted by molar-refractivity contribution is -0.185. The topological polar surface area (TPSA) is 121 Å². The highest BCUT2D eigenvalue weighted by Gasteiger charge is 2.34. The number of nitrogens with two attached hydrogens (primary N) is 2. The summed E-state index contributed by atoms with van der Waals surface area (Å²) in [4.78, 5) is 12.7. The molecule has 4 aromatic rings. The summed E-state index contributed by atoms with van der Waals surface area (Å²) in [6.07, 6.45) is 1.17. The second-order valence-electron chi connectivity index (χ2n) is 11.1. The molecule has 0 aliphatic rings. The zero-order valence-corrected chi connectivity index (χ0v) is 25.3. The lowest BCUT2D eigenvalue weighted by Crippen LogP contribution is -2.30. The quantitative estimate of drug-likeness (QED) is 0.0607. The molecular formula is C37H36F2N3O4. The van der Waals surface area contributed by atoms with Gasteiger partial charge in [0.25, 0.3) is 0 Å². The van der Waals surface area contributed by atoms with E-state index in [0.717, 1.165) is 11.1 Å². The minimum absolute atomic E-state index is 0.0321. The van der Waals surface area contributed by atoms with E-state index in [2.05, 4.69) is 6.92 Å². The van der Waals surface area contributed by atoms with Gasteiger partial charge in [-0.2, -0.15) is 14.0 Å². The second kappa shape index (κ2) is 15.6. The first-order valence-corrected chi connectivity index (χ1v) is 14.7. The Hall–Kier alpha value is -5.36. The Morgan fingerprint density at radius 2 is 1.37 bits per heavy atom. The van der Waals surface area contributed by atoms with Crippen LogP contribution in [0.4, 0.5) is 20.2 Å². The smallest absolute Gasteiger partial charge is 0.426 e. The molecule has 0 heterocycles. The summed E-state index contributed by atoms with van der Waals surface area (Å²) in [6, 6.07) is 28.2. The van der Waals surface area contributed by atoms with Crippen molar-refractivity contribution >= 4 is 23.4 Å². The highest BCUT2D eigenvalue weighted by atomic mass is 19.3. The molecule has 0 fully saturated rings. The van der Waals surface area contributed by atoms with E-state index < -0.39 is 17.5 Å². The number of nitriles is 1. The largest absolute Gasteiger partial charge is 0.494 e. The molecule has 237 valence electrons. The van der Waals surface area contributed by atoms with Crippen molar-refractivity contribution in [2.24, 2.45) is 5.41 Å². The number of carbonyl (C=O) groups excluding carboxylic acids is 1. The van der Waals surface area contributed by atoms with E-state index >= 15 is 0 Å². The van der Waals surface area contributed by atoms with Crippen molar-refractivity contribution < 1.29 is 27.8 Å². The maximum atomic E-state index is 14.8. The molecule has 0 saturated heterocycles. The van der Waals surface area contributed by atoms with Gasteiger partial charge in [0, 0.05) is 29.3 Å².